The molecule has 0 unspecified atom stereocenters. The van der Waals surface area contributed by atoms with Crippen LogP contribution in [-0.2, 0) is 19.2 Å². The molecule has 0 aromatic heterocycles. The number of ketones is 1. The van der Waals surface area contributed by atoms with E-state index in [1.54, 1.807) is 18.2 Å². The topological polar surface area (TPSA) is 26.3 Å². The van der Waals surface area contributed by atoms with E-state index in [0.717, 1.165) is 24.1 Å². The summed E-state index contributed by atoms with van der Waals surface area (Å²) in [6.45, 7) is 0.0247. The van der Waals surface area contributed by atoms with Crippen molar-refractivity contribution in [3.63, 3.8) is 0 Å². The monoisotopic (exact) mass is 306 g/mol. The Hall–Kier alpha value is -2.30. The fourth-order valence-electron chi connectivity index (χ4n) is 2.51. The van der Waals surface area contributed by atoms with Gasteiger partial charge in [0.1, 0.15) is 12.4 Å². The number of carbonyl (C=O) groups is 1. The third-order valence-corrected chi connectivity index (χ3v) is 3.66. The Morgan fingerprint density at radius 2 is 1.86 bits per heavy atom. The summed E-state index contributed by atoms with van der Waals surface area (Å²) in [5.74, 6) is 0.575. The van der Waals surface area contributed by atoms with E-state index in [9.17, 15) is 18.0 Å². The van der Waals surface area contributed by atoms with Gasteiger partial charge in [-0.05, 0) is 41.8 Å². The lowest BCUT2D eigenvalue weighted by Crippen LogP contribution is -2.06. The second-order valence-electron chi connectivity index (χ2n) is 5.23. The van der Waals surface area contributed by atoms with Gasteiger partial charge in [-0.3, -0.25) is 4.79 Å². The first kappa shape index (κ1) is 14.6. The second kappa shape index (κ2) is 5.48. The van der Waals surface area contributed by atoms with Gasteiger partial charge in [0.05, 0.1) is 5.56 Å². The zero-order valence-corrected chi connectivity index (χ0v) is 11.6. The summed E-state index contributed by atoms with van der Waals surface area (Å²) in [5, 5.41) is 0. The summed E-state index contributed by atoms with van der Waals surface area (Å²) >= 11 is 0. The number of carbonyl (C=O) groups excluding carboxylic acids is 1. The van der Waals surface area contributed by atoms with Crippen molar-refractivity contribution in [3.8, 4) is 5.75 Å². The summed E-state index contributed by atoms with van der Waals surface area (Å²) in [7, 11) is 0. The average Bonchev–Trinajstić information content (AvgIpc) is 2.86. The molecule has 2 nitrogen and oxygen atoms in total. The van der Waals surface area contributed by atoms with Crippen LogP contribution in [0.1, 0.15) is 33.5 Å². The number of hydrogen-bond acceptors (Lipinski definition) is 2. The number of rotatable bonds is 3. The molecule has 3 rings (SSSR count). The van der Waals surface area contributed by atoms with Gasteiger partial charge in [-0.25, -0.2) is 0 Å². The molecule has 0 saturated heterocycles. The molecule has 0 radical (unpaired) electrons. The number of aryl methyl sites for hydroxylation is 1. The summed E-state index contributed by atoms with van der Waals surface area (Å²) in [6.07, 6.45) is -3.12. The molecule has 1 aliphatic carbocycles. The van der Waals surface area contributed by atoms with Crippen molar-refractivity contribution >= 4 is 5.78 Å². The van der Waals surface area contributed by atoms with Crippen molar-refractivity contribution in [3.05, 3.63) is 64.7 Å². The predicted molar refractivity (Wildman–Crippen MR) is 74.9 cm³/mol. The first-order valence-corrected chi connectivity index (χ1v) is 6.88. The first-order chi connectivity index (χ1) is 10.4. The lowest BCUT2D eigenvalue weighted by molar-refractivity contribution is -0.137. The molecule has 5 heteroatoms. The van der Waals surface area contributed by atoms with Crippen LogP contribution in [0.5, 0.6) is 5.75 Å². The maximum absolute atomic E-state index is 12.6. The van der Waals surface area contributed by atoms with E-state index in [2.05, 4.69) is 0 Å². The van der Waals surface area contributed by atoms with Crippen LogP contribution >= 0.6 is 0 Å². The van der Waals surface area contributed by atoms with E-state index >= 15 is 0 Å². The Labute approximate surface area is 125 Å². The number of alkyl halides is 3. The molecule has 0 saturated carbocycles. The van der Waals surface area contributed by atoms with Crippen LogP contribution in [0.4, 0.5) is 13.2 Å². The maximum atomic E-state index is 12.6. The minimum Gasteiger partial charge on any atom is -0.489 e. The van der Waals surface area contributed by atoms with Gasteiger partial charge in [0.15, 0.2) is 5.78 Å². The van der Waals surface area contributed by atoms with Crippen LogP contribution in [0, 0.1) is 0 Å². The molecule has 2 aromatic rings. The van der Waals surface area contributed by atoms with Crippen molar-refractivity contribution in [2.45, 2.75) is 25.6 Å². The highest BCUT2D eigenvalue weighted by molar-refractivity contribution is 6.00. The van der Waals surface area contributed by atoms with Crippen LogP contribution in [0.2, 0.25) is 0 Å². The van der Waals surface area contributed by atoms with E-state index in [4.69, 9.17) is 4.74 Å². The van der Waals surface area contributed by atoms with Gasteiger partial charge < -0.3 is 4.74 Å². The lowest BCUT2D eigenvalue weighted by atomic mass is 10.1. The Balaban J connectivity index is 1.73. The number of ether oxygens (including phenoxy) is 1. The van der Waals surface area contributed by atoms with Crippen molar-refractivity contribution in [2.24, 2.45) is 0 Å². The van der Waals surface area contributed by atoms with Crippen molar-refractivity contribution in [1.82, 2.24) is 0 Å². The molecule has 0 spiro atoms. The summed E-state index contributed by atoms with van der Waals surface area (Å²) in [6, 6.07) is 10.3. The van der Waals surface area contributed by atoms with Crippen LogP contribution in [0.3, 0.4) is 0 Å². The molecule has 1 aliphatic rings. The molecule has 0 N–H and O–H groups in total. The van der Waals surface area contributed by atoms with Gasteiger partial charge in [-0.2, -0.15) is 13.2 Å². The molecular weight excluding hydrogens is 293 g/mol. The van der Waals surface area contributed by atoms with E-state index < -0.39 is 11.7 Å². The van der Waals surface area contributed by atoms with Gasteiger partial charge >= 0.3 is 6.18 Å². The van der Waals surface area contributed by atoms with Crippen LogP contribution in [0.15, 0.2) is 42.5 Å². The van der Waals surface area contributed by atoms with Crippen molar-refractivity contribution < 1.29 is 22.7 Å². The van der Waals surface area contributed by atoms with Crippen molar-refractivity contribution in [2.75, 3.05) is 0 Å². The lowest BCUT2D eigenvalue weighted by Gasteiger charge is -2.10. The first-order valence-electron chi connectivity index (χ1n) is 6.88. The Morgan fingerprint density at radius 3 is 2.64 bits per heavy atom. The zero-order valence-electron chi connectivity index (χ0n) is 11.6. The third-order valence-electron chi connectivity index (χ3n) is 3.66. The number of fused-ring (bicyclic) bond motifs is 1. The maximum Gasteiger partial charge on any atom is 0.416 e. The van der Waals surface area contributed by atoms with Crippen LogP contribution < -0.4 is 4.74 Å². The second-order valence-corrected chi connectivity index (χ2v) is 5.23. The standard InChI is InChI=1S/C17H13F3O2/c18-17(19,20)13-3-1-2-11(8-13)10-22-14-6-4-12-5-7-16(21)15(12)9-14/h1-4,6,8-9H,5,7,10H2. The minimum atomic E-state index is -4.37. The summed E-state index contributed by atoms with van der Waals surface area (Å²) in [5.41, 5.74) is 1.39. The minimum absolute atomic E-state index is 0.0247. The normalized spacial score (nSPS) is 14.0. The van der Waals surface area contributed by atoms with Crippen LogP contribution in [-0.4, -0.2) is 5.78 Å². The van der Waals surface area contributed by atoms with E-state index in [-0.39, 0.29) is 12.4 Å². The number of hydrogen-bond donors (Lipinski definition) is 0. The molecule has 114 valence electrons. The molecule has 0 atom stereocenters. The molecule has 0 bridgehead atoms. The number of benzene rings is 2. The van der Waals surface area contributed by atoms with E-state index in [1.165, 1.54) is 6.07 Å². The van der Waals surface area contributed by atoms with Gasteiger partial charge in [-0.1, -0.05) is 18.2 Å². The zero-order chi connectivity index (χ0) is 15.7. The Morgan fingerprint density at radius 1 is 1.05 bits per heavy atom. The van der Waals surface area contributed by atoms with Crippen LogP contribution in [0.25, 0.3) is 0 Å². The summed E-state index contributed by atoms with van der Waals surface area (Å²) < 4.78 is 43.5. The predicted octanol–water partition coefficient (Wildman–Crippen LogP) is 4.41. The van der Waals surface area contributed by atoms with Gasteiger partial charge in [-0.15, -0.1) is 0 Å². The molecule has 0 aliphatic heterocycles. The largest absolute Gasteiger partial charge is 0.489 e. The molecule has 2 aromatic carbocycles. The number of halogens is 3. The van der Waals surface area contributed by atoms with E-state index in [0.29, 0.717) is 23.3 Å². The molecule has 0 heterocycles. The quantitative estimate of drug-likeness (QED) is 0.839. The highest BCUT2D eigenvalue weighted by Crippen LogP contribution is 2.30. The average molecular weight is 306 g/mol. The summed E-state index contributed by atoms with van der Waals surface area (Å²) in [4.78, 5) is 11.7. The van der Waals surface area contributed by atoms with Crippen molar-refractivity contribution in [1.29, 1.82) is 0 Å². The fourth-order valence-corrected chi connectivity index (χ4v) is 2.51. The molecule has 0 fully saturated rings. The highest BCUT2D eigenvalue weighted by Gasteiger charge is 2.30. The fraction of sp³-hybridized carbons (Fsp3) is 0.235. The third kappa shape index (κ3) is 2.98. The Kier molecular flexibility index (Phi) is 3.64. The van der Waals surface area contributed by atoms with Gasteiger partial charge in [0, 0.05) is 12.0 Å². The molecule has 0 amide bonds. The number of Topliss-reactive ketones (excluding diaryl/α,β-unsaturated/α-hetero) is 1. The Bertz CT molecular complexity index is 720. The highest BCUT2D eigenvalue weighted by atomic mass is 19.4. The molecule has 22 heavy (non-hydrogen) atoms. The smallest absolute Gasteiger partial charge is 0.416 e. The van der Waals surface area contributed by atoms with Gasteiger partial charge in [0.2, 0.25) is 0 Å². The van der Waals surface area contributed by atoms with E-state index in [1.807, 2.05) is 6.07 Å². The molecular formula is C17H13F3O2. The van der Waals surface area contributed by atoms with Gasteiger partial charge in [0.25, 0.3) is 0 Å². The SMILES string of the molecule is O=C1CCc2ccc(OCc3cccc(C(F)(F)F)c3)cc21.